The topological polar surface area (TPSA) is 85.5 Å². The van der Waals surface area contributed by atoms with Crippen LogP contribution in [-0.4, -0.2) is 34.5 Å². The summed E-state index contributed by atoms with van der Waals surface area (Å²) in [5.41, 5.74) is 9.59. The van der Waals surface area contributed by atoms with Crippen LogP contribution < -0.4 is 4.90 Å². The van der Waals surface area contributed by atoms with Crippen LogP contribution in [0.1, 0.15) is 51.1 Å². The van der Waals surface area contributed by atoms with Crippen molar-refractivity contribution in [1.29, 1.82) is 0 Å². The molecule has 0 saturated heterocycles. The first-order valence-electron chi connectivity index (χ1n) is 20.4. The highest BCUT2D eigenvalue weighted by atomic mass is 15.3. The zero-order chi connectivity index (χ0) is 40.8. The third-order valence-corrected chi connectivity index (χ3v) is 11.4. The van der Waals surface area contributed by atoms with Crippen LogP contribution in [0.2, 0.25) is 0 Å². The van der Waals surface area contributed by atoms with Crippen LogP contribution >= 0.6 is 0 Å². The number of aromatic nitrogens is 7. The number of hydrogen-bond acceptors (Lipinski definition) is 7. The standard InChI is InChI=1S/C52H42N8/c1-5-7-21-34(6-2)46-53-47(35-22-11-8-12-23-35)58-51(55-46)60-43-31-20-18-29-40(43)52(3,4)41-33-44-39(32-45(41)60)38-28-17-19-30-42(38)59(44)50-56-48(36-24-13-9-14-25-36)54-49(57-50)37-26-15-10-16-27-37/h6-33H,5H2,1-4H3/b21-7-,34-6+. The fourth-order valence-electron chi connectivity index (χ4n) is 8.34. The summed E-state index contributed by atoms with van der Waals surface area (Å²) in [7, 11) is 0. The van der Waals surface area contributed by atoms with E-state index in [1.54, 1.807) is 0 Å². The van der Waals surface area contributed by atoms with Gasteiger partial charge in [0.15, 0.2) is 23.3 Å². The van der Waals surface area contributed by atoms with Crippen LogP contribution in [0.3, 0.4) is 0 Å². The van der Waals surface area contributed by atoms with E-state index in [1.807, 2.05) is 97.9 Å². The van der Waals surface area contributed by atoms with Crippen LogP contribution in [0.25, 0.3) is 67.5 Å². The SMILES string of the molecule is C/C=C(\C=C/CC)c1nc(-c2ccccc2)nc(N2c3ccccc3C(C)(C)c3cc4c(cc32)c2ccccc2n4-c2nc(-c3ccccc3)nc(-c3ccccc3)n2)n1. The molecule has 0 bridgehead atoms. The minimum Gasteiger partial charge on any atom is -0.278 e. The maximum Gasteiger partial charge on any atom is 0.238 e. The molecule has 290 valence electrons. The van der Waals surface area contributed by atoms with Gasteiger partial charge in [-0.1, -0.05) is 166 Å². The summed E-state index contributed by atoms with van der Waals surface area (Å²) in [4.78, 5) is 33.2. The molecule has 8 heteroatoms. The van der Waals surface area contributed by atoms with Gasteiger partial charge in [0.2, 0.25) is 11.9 Å². The Morgan fingerprint density at radius 2 is 1.10 bits per heavy atom. The molecule has 0 saturated carbocycles. The smallest absolute Gasteiger partial charge is 0.238 e. The van der Waals surface area contributed by atoms with Crippen LogP contribution in [0, 0.1) is 0 Å². The highest BCUT2D eigenvalue weighted by Crippen LogP contribution is 2.53. The maximum absolute atomic E-state index is 5.28. The summed E-state index contributed by atoms with van der Waals surface area (Å²) in [6.45, 7) is 8.75. The second-order valence-electron chi connectivity index (χ2n) is 15.4. The van der Waals surface area contributed by atoms with Crippen LogP contribution in [0.5, 0.6) is 0 Å². The van der Waals surface area contributed by atoms with Gasteiger partial charge in [0, 0.05) is 38.5 Å². The van der Waals surface area contributed by atoms with Gasteiger partial charge in [0.05, 0.1) is 22.4 Å². The molecule has 0 aliphatic carbocycles. The number of nitrogens with zero attached hydrogens (tertiary/aromatic N) is 8. The molecule has 0 amide bonds. The molecule has 0 unspecified atom stereocenters. The van der Waals surface area contributed by atoms with Crippen molar-refractivity contribution in [2.75, 3.05) is 4.90 Å². The summed E-state index contributed by atoms with van der Waals surface area (Å²) >= 11 is 0. The first-order valence-corrected chi connectivity index (χ1v) is 20.4. The summed E-state index contributed by atoms with van der Waals surface area (Å²) in [5.74, 6) is 3.54. The fraction of sp³-hybridized carbons (Fsp3) is 0.115. The van der Waals surface area contributed by atoms with Crippen molar-refractivity contribution in [2.24, 2.45) is 0 Å². The van der Waals surface area contributed by atoms with E-state index in [2.05, 4.69) is 109 Å². The Labute approximate surface area is 349 Å². The van der Waals surface area contributed by atoms with Gasteiger partial charge in [-0.2, -0.15) is 19.9 Å². The van der Waals surface area contributed by atoms with E-state index in [-0.39, 0.29) is 0 Å². The Balaban J connectivity index is 1.26. The molecule has 0 radical (unpaired) electrons. The normalized spacial score (nSPS) is 13.5. The number of allylic oxidation sites excluding steroid dienone is 4. The molecule has 8 nitrogen and oxygen atoms in total. The van der Waals surface area contributed by atoms with Crippen molar-refractivity contribution in [2.45, 2.75) is 39.5 Å². The quantitative estimate of drug-likeness (QED) is 0.142. The Hall–Kier alpha value is -7.58. The van der Waals surface area contributed by atoms with Gasteiger partial charge in [0.25, 0.3) is 0 Å². The third-order valence-electron chi connectivity index (χ3n) is 11.4. The summed E-state index contributed by atoms with van der Waals surface area (Å²) in [5, 5.41) is 2.14. The second-order valence-corrected chi connectivity index (χ2v) is 15.4. The largest absolute Gasteiger partial charge is 0.278 e. The predicted molar refractivity (Wildman–Crippen MR) is 244 cm³/mol. The number of anilines is 3. The van der Waals surface area contributed by atoms with E-state index in [4.69, 9.17) is 29.9 Å². The zero-order valence-corrected chi connectivity index (χ0v) is 34.0. The van der Waals surface area contributed by atoms with E-state index in [9.17, 15) is 0 Å². The molecule has 9 aromatic rings. The third kappa shape index (κ3) is 6.25. The summed E-state index contributed by atoms with van der Waals surface area (Å²) in [6, 6.07) is 52.1. The summed E-state index contributed by atoms with van der Waals surface area (Å²) in [6.07, 6.45) is 7.20. The highest BCUT2D eigenvalue weighted by molar-refractivity contribution is 6.11. The van der Waals surface area contributed by atoms with Crippen molar-refractivity contribution in [3.8, 4) is 40.1 Å². The van der Waals surface area contributed by atoms with Gasteiger partial charge in [-0.15, -0.1) is 0 Å². The van der Waals surface area contributed by atoms with Crippen LogP contribution in [-0.2, 0) is 5.41 Å². The fourth-order valence-corrected chi connectivity index (χ4v) is 8.34. The molecular weight excluding hydrogens is 737 g/mol. The molecule has 10 rings (SSSR count). The Bertz CT molecular complexity index is 3060. The van der Waals surface area contributed by atoms with Gasteiger partial charge in [-0.05, 0) is 48.7 Å². The van der Waals surface area contributed by atoms with E-state index in [1.165, 1.54) is 0 Å². The number of hydrogen-bond donors (Lipinski definition) is 0. The minimum absolute atomic E-state index is 0.405. The highest BCUT2D eigenvalue weighted by Gasteiger charge is 2.39. The molecule has 1 aliphatic heterocycles. The van der Waals surface area contributed by atoms with Crippen molar-refractivity contribution in [3.05, 3.63) is 187 Å². The zero-order valence-electron chi connectivity index (χ0n) is 34.0. The minimum atomic E-state index is -0.405. The van der Waals surface area contributed by atoms with Gasteiger partial charge in [-0.3, -0.25) is 9.47 Å². The molecule has 60 heavy (non-hydrogen) atoms. The van der Waals surface area contributed by atoms with Gasteiger partial charge in [0.1, 0.15) is 0 Å². The molecule has 0 atom stereocenters. The van der Waals surface area contributed by atoms with Gasteiger partial charge in [-0.25, -0.2) is 9.97 Å². The van der Waals surface area contributed by atoms with Crippen LogP contribution in [0.15, 0.2) is 170 Å². The lowest BCUT2D eigenvalue weighted by atomic mass is 9.73. The number of rotatable bonds is 8. The van der Waals surface area contributed by atoms with Crippen molar-refractivity contribution < 1.29 is 0 Å². The molecule has 0 fully saturated rings. The average Bonchev–Trinajstić information content (AvgIpc) is 3.63. The maximum atomic E-state index is 5.28. The van der Waals surface area contributed by atoms with Gasteiger partial charge >= 0.3 is 0 Å². The molecule has 4 heterocycles. The number of benzene rings is 6. The first kappa shape index (κ1) is 36.7. The van der Waals surface area contributed by atoms with Gasteiger partial charge < -0.3 is 0 Å². The van der Waals surface area contributed by atoms with E-state index in [0.29, 0.717) is 35.2 Å². The van der Waals surface area contributed by atoms with E-state index >= 15 is 0 Å². The Kier molecular flexibility index (Phi) is 9.17. The molecule has 6 aromatic carbocycles. The van der Waals surface area contributed by atoms with Crippen molar-refractivity contribution >= 4 is 44.7 Å². The van der Waals surface area contributed by atoms with E-state index in [0.717, 1.165) is 73.0 Å². The molecule has 3 aromatic heterocycles. The number of para-hydroxylation sites is 2. The predicted octanol–water partition coefficient (Wildman–Crippen LogP) is 12.6. The molecule has 0 N–H and O–H groups in total. The molecule has 1 aliphatic rings. The molecule has 0 spiro atoms. The summed E-state index contributed by atoms with van der Waals surface area (Å²) < 4.78 is 2.19. The lowest BCUT2D eigenvalue weighted by Gasteiger charge is -2.41. The molecular formula is C52H42N8. The second kappa shape index (κ2) is 15.0. The van der Waals surface area contributed by atoms with E-state index < -0.39 is 5.41 Å². The average molecular weight is 779 g/mol. The Morgan fingerprint density at radius 3 is 1.73 bits per heavy atom. The lowest BCUT2D eigenvalue weighted by Crippen LogP contribution is -2.31. The lowest BCUT2D eigenvalue weighted by molar-refractivity contribution is 0.631. The first-order chi connectivity index (χ1) is 29.4. The monoisotopic (exact) mass is 778 g/mol. The van der Waals surface area contributed by atoms with Crippen molar-refractivity contribution in [3.63, 3.8) is 0 Å². The number of fused-ring (bicyclic) bond motifs is 5. The Morgan fingerprint density at radius 1 is 0.533 bits per heavy atom. The van der Waals surface area contributed by atoms with Crippen molar-refractivity contribution in [1.82, 2.24) is 34.5 Å². The van der Waals surface area contributed by atoms with Crippen LogP contribution in [0.4, 0.5) is 17.3 Å².